The second kappa shape index (κ2) is 17.8. The number of benzene rings is 2. The molecule has 0 saturated heterocycles. The highest BCUT2D eigenvalue weighted by Crippen LogP contribution is 2.40. The molecule has 2 N–H and O–H groups in total. The maximum atomic E-state index is 12.2. The van der Waals surface area contributed by atoms with Crippen LogP contribution in [0.2, 0.25) is 0 Å². The van der Waals surface area contributed by atoms with Gasteiger partial charge in [-0.3, -0.25) is 4.79 Å². The lowest BCUT2D eigenvalue weighted by molar-refractivity contribution is -0.156. The predicted molar refractivity (Wildman–Crippen MR) is 175 cm³/mol. The standard InChI is InChI=1S/C37H50O8/c1-6-7-8-9-28-10-12-29(13-11-28)34-15-14-30(20-26(34)2)31-21-32(42-16-18-44-35(40)27(3)24-38)23-33(22-31)43-17-19-45-36(41)37(4,5)25-39/h6-7,14-15,20-23,28-29,38-39H,3,8-13,16-19,24-25H2,1-2,4-5H3/b7-6+. The Morgan fingerprint density at radius 3 is 2.13 bits per heavy atom. The number of ether oxygens (including phenoxy) is 4. The number of hydrogen-bond acceptors (Lipinski definition) is 8. The number of aryl methyl sites for hydroxylation is 1. The Kier molecular flexibility index (Phi) is 14.2. The number of carbonyl (C=O) groups is 2. The van der Waals surface area contributed by atoms with E-state index in [1.165, 1.54) is 49.7 Å². The van der Waals surface area contributed by atoms with Gasteiger partial charge >= 0.3 is 11.9 Å². The fourth-order valence-corrected chi connectivity index (χ4v) is 5.49. The Morgan fingerprint density at radius 2 is 1.56 bits per heavy atom. The number of allylic oxidation sites excluding steroid dienone is 2. The molecule has 0 bridgehead atoms. The quantitative estimate of drug-likeness (QED) is 0.0868. The molecule has 3 rings (SSSR count). The molecule has 45 heavy (non-hydrogen) atoms. The van der Waals surface area contributed by atoms with Crippen molar-refractivity contribution in [1.29, 1.82) is 0 Å². The van der Waals surface area contributed by atoms with Crippen LogP contribution in [-0.2, 0) is 19.1 Å². The number of carbonyl (C=O) groups excluding carboxylic acids is 2. The first-order valence-corrected chi connectivity index (χ1v) is 15.9. The van der Waals surface area contributed by atoms with Gasteiger partial charge < -0.3 is 29.2 Å². The summed E-state index contributed by atoms with van der Waals surface area (Å²) in [6, 6.07) is 12.2. The zero-order chi connectivity index (χ0) is 32.8. The van der Waals surface area contributed by atoms with Crippen LogP contribution in [0.25, 0.3) is 11.1 Å². The van der Waals surface area contributed by atoms with Crippen molar-refractivity contribution in [3.05, 3.63) is 71.8 Å². The van der Waals surface area contributed by atoms with E-state index in [-0.39, 0.29) is 38.6 Å². The van der Waals surface area contributed by atoms with E-state index in [0.29, 0.717) is 17.4 Å². The average Bonchev–Trinajstić information content (AvgIpc) is 3.04. The molecule has 0 spiro atoms. The molecule has 0 aliphatic heterocycles. The minimum atomic E-state index is -0.983. The molecule has 1 aliphatic rings. The van der Waals surface area contributed by atoms with E-state index >= 15 is 0 Å². The maximum absolute atomic E-state index is 12.2. The minimum absolute atomic E-state index is 0.0137. The van der Waals surface area contributed by atoms with Crippen molar-refractivity contribution < 1.29 is 38.7 Å². The molecule has 0 radical (unpaired) electrons. The second-order valence-corrected chi connectivity index (χ2v) is 12.4. The molecule has 2 aromatic rings. The second-order valence-electron chi connectivity index (χ2n) is 12.4. The zero-order valence-corrected chi connectivity index (χ0v) is 27.3. The molecule has 8 heteroatoms. The Labute approximate surface area is 268 Å². The molecule has 246 valence electrons. The average molecular weight is 623 g/mol. The number of aliphatic hydroxyl groups excluding tert-OH is 2. The smallest absolute Gasteiger partial charge is 0.335 e. The van der Waals surface area contributed by atoms with Gasteiger partial charge in [0.25, 0.3) is 0 Å². The summed E-state index contributed by atoms with van der Waals surface area (Å²) in [6.45, 7) is 10.4. The monoisotopic (exact) mass is 622 g/mol. The molecule has 0 unspecified atom stereocenters. The zero-order valence-electron chi connectivity index (χ0n) is 27.3. The van der Waals surface area contributed by atoms with Crippen LogP contribution < -0.4 is 9.47 Å². The van der Waals surface area contributed by atoms with Crippen LogP contribution in [0.1, 0.15) is 76.3 Å². The van der Waals surface area contributed by atoms with Crippen LogP contribution in [0.3, 0.4) is 0 Å². The summed E-state index contributed by atoms with van der Waals surface area (Å²) in [5.74, 6) is 1.28. The molecular weight excluding hydrogens is 572 g/mol. The highest BCUT2D eigenvalue weighted by molar-refractivity contribution is 5.87. The van der Waals surface area contributed by atoms with Crippen LogP contribution in [0.4, 0.5) is 0 Å². The summed E-state index contributed by atoms with van der Waals surface area (Å²) in [7, 11) is 0. The normalized spacial score (nSPS) is 16.8. The molecule has 1 saturated carbocycles. The Morgan fingerprint density at radius 1 is 0.911 bits per heavy atom. The molecule has 0 heterocycles. The van der Waals surface area contributed by atoms with Crippen molar-refractivity contribution >= 4 is 11.9 Å². The molecule has 2 aromatic carbocycles. The maximum Gasteiger partial charge on any atom is 0.335 e. The molecular formula is C37H50O8. The highest BCUT2D eigenvalue weighted by Gasteiger charge is 2.28. The number of rotatable bonds is 17. The van der Waals surface area contributed by atoms with Gasteiger partial charge in [-0.25, -0.2) is 4.79 Å². The Balaban J connectivity index is 1.71. The van der Waals surface area contributed by atoms with Crippen molar-refractivity contribution in [1.82, 2.24) is 0 Å². The first kappa shape index (κ1) is 35.9. The fraction of sp³-hybridized carbons (Fsp3) is 0.514. The van der Waals surface area contributed by atoms with Gasteiger partial charge in [-0.05, 0) is 112 Å². The van der Waals surface area contributed by atoms with E-state index in [0.717, 1.165) is 17.0 Å². The van der Waals surface area contributed by atoms with Crippen molar-refractivity contribution in [2.75, 3.05) is 39.6 Å². The van der Waals surface area contributed by atoms with Crippen molar-refractivity contribution in [2.24, 2.45) is 11.3 Å². The molecule has 0 amide bonds. The molecule has 0 atom stereocenters. The van der Waals surface area contributed by atoms with E-state index in [4.69, 9.17) is 24.1 Å². The predicted octanol–water partition coefficient (Wildman–Crippen LogP) is 6.70. The van der Waals surface area contributed by atoms with Crippen LogP contribution in [-0.4, -0.2) is 61.8 Å². The van der Waals surface area contributed by atoms with E-state index in [9.17, 15) is 14.7 Å². The third kappa shape index (κ3) is 11.0. The summed E-state index contributed by atoms with van der Waals surface area (Å²) in [5, 5.41) is 18.4. The molecule has 8 nitrogen and oxygen atoms in total. The number of aliphatic hydroxyl groups is 2. The fourth-order valence-electron chi connectivity index (χ4n) is 5.49. The van der Waals surface area contributed by atoms with Crippen LogP contribution in [0.5, 0.6) is 11.5 Å². The lowest BCUT2D eigenvalue weighted by atomic mass is 9.76. The van der Waals surface area contributed by atoms with Crippen molar-refractivity contribution in [3.63, 3.8) is 0 Å². The third-order valence-corrected chi connectivity index (χ3v) is 8.34. The third-order valence-electron chi connectivity index (χ3n) is 8.34. The van der Waals surface area contributed by atoms with Gasteiger partial charge in [0.1, 0.15) is 37.9 Å². The summed E-state index contributed by atoms with van der Waals surface area (Å²) in [5.41, 5.74) is 3.58. The van der Waals surface area contributed by atoms with Gasteiger partial charge in [0.2, 0.25) is 0 Å². The minimum Gasteiger partial charge on any atom is -0.490 e. The van der Waals surface area contributed by atoms with Crippen LogP contribution >= 0.6 is 0 Å². The first-order valence-electron chi connectivity index (χ1n) is 15.9. The molecule has 0 aromatic heterocycles. The van der Waals surface area contributed by atoms with E-state index in [1.54, 1.807) is 19.9 Å². The number of esters is 2. The largest absolute Gasteiger partial charge is 0.490 e. The van der Waals surface area contributed by atoms with Gasteiger partial charge in [-0.15, -0.1) is 0 Å². The summed E-state index contributed by atoms with van der Waals surface area (Å²) in [4.78, 5) is 24.0. The lowest BCUT2D eigenvalue weighted by Crippen LogP contribution is -2.31. The van der Waals surface area contributed by atoms with Gasteiger partial charge in [-0.1, -0.05) is 36.9 Å². The van der Waals surface area contributed by atoms with Crippen molar-refractivity contribution in [2.45, 2.75) is 72.1 Å². The van der Waals surface area contributed by atoms with Gasteiger partial charge in [-0.2, -0.15) is 0 Å². The van der Waals surface area contributed by atoms with E-state index in [2.05, 4.69) is 50.8 Å². The molecule has 1 aliphatic carbocycles. The number of hydrogen-bond donors (Lipinski definition) is 2. The Hall–Kier alpha value is -3.62. The van der Waals surface area contributed by atoms with Gasteiger partial charge in [0, 0.05) is 6.07 Å². The topological polar surface area (TPSA) is 112 Å². The van der Waals surface area contributed by atoms with E-state index in [1.807, 2.05) is 12.1 Å². The highest BCUT2D eigenvalue weighted by atomic mass is 16.6. The SMILES string of the molecule is C=C(CO)C(=O)OCCOc1cc(OCCOC(=O)C(C)(C)CO)cc(-c2ccc(C3CCC(CC/C=C/C)CC3)c(C)c2)c1. The van der Waals surface area contributed by atoms with Crippen LogP contribution in [0.15, 0.2) is 60.7 Å². The molecule has 1 fully saturated rings. The van der Waals surface area contributed by atoms with Crippen LogP contribution in [0, 0.1) is 18.3 Å². The van der Waals surface area contributed by atoms with E-state index < -0.39 is 24.0 Å². The summed E-state index contributed by atoms with van der Waals surface area (Å²) < 4.78 is 22.2. The van der Waals surface area contributed by atoms with Gasteiger partial charge in [0.15, 0.2) is 0 Å². The Bertz CT molecular complexity index is 1300. The van der Waals surface area contributed by atoms with Gasteiger partial charge in [0.05, 0.1) is 24.2 Å². The first-order chi connectivity index (χ1) is 21.6. The summed E-state index contributed by atoms with van der Waals surface area (Å²) >= 11 is 0. The van der Waals surface area contributed by atoms with Crippen molar-refractivity contribution in [3.8, 4) is 22.6 Å². The lowest BCUT2D eigenvalue weighted by Gasteiger charge is -2.29. The summed E-state index contributed by atoms with van der Waals surface area (Å²) in [6.07, 6.45) is 11.9.